The molecule has 2 fully saturated rings. The van der Waals surface area contributed by atoms with Crippen LogP contribution in [0.4, 0.5) is 13.9 Å². The highest BCUT2D eigenvalue weighted by atomic mass is 32.1. The first-order valence-electron chi connectivity index (χ1n) is 8.47. The molecule has 0 radical (unpaired) electrons. The van der Waals surface area contributed by atoms with E-state index in [1.165, 1.54) is 22.2 Å². The van der Waals surface area contributed by atoms with Crippen LogP contribution in [-0.2, 0) is 0 Å². The van der Waals surface area contributed by atoms with Gasteiger partial charge in [0.05, 0.1) is 5.56 Å². The van der Waals surface area contributed by atoms with Crippen molar-refractivity contribution in [3.05, 3.63) is 42.2 Å². The Morgan fingerprint density at radius 3 is 2.65 bits per heavy atom. The predicted octanol–water partition coefficient (Wildman–Crippen LogP) is 2.32. The van der Waals surface area contributed by atoms with Gasteiger partial charge in [0.1, 0.15) is 11.5 Å². The number of rotatable bonds is 3. The quantitative estimate of drug-likeness (QED) is 0.763. The second-order valence-electron chi connectivity index (χ2n) is 6.71. The summed E-state index contributed by atoms with van der Waals surface area (Å²) in [7, 11) is 0. The molecule has 2 saturated heterocycles. The first-order valence-corrected chi connectivity index (χ1v) is 9.29. The van der Waals surface area contributed by atoms with Crippen molar-refractivity contribution in [1.82, 2.24) is 25.3 Å². The van der Waals surface area contributed by atoms with Crippen molar-refractivity contribution in [2.24, 2.45) is 11.8 Å². The van der Waals surface area contributed by atoms with Gasteiger partial charge in [-0.25, -0.2) is 13.5 Å². The minimum absolute atomic E-state index is 0.0588. The van der Waals surface area contributed by atoms with E-state index in [9.17, 15) is 8.78 Å². The molecule has 0 bridgehead atoms. The van der Waals surface area contributed by atoms with Gasteiger partial charge in [-0.1, -0.05) is 11.3 Å². The number of halogens is 2. The summed E-state index contributed by atoms with van der Waals surface area (Å²) in [4.78, 5) is 2.20. The lowest BCUT2D eigenvalue weighted by atomic mass is 10.0. The van der Waals surface area contributed by atoms with E-state index < -0.39 is 11.6 Å². The zero-order valence-electron chi connectivity index (χ0n) is 13.8. The van der Waals surface area contributed by atoms with E-state index in [0.717, 1.165) is 43.4 Å². The van der Waals surface area contributed by atoms with Gasteiger partial charge in [0.15, 0.2) is 10.8 Å². The molecule has 2 aliphatic heterocycles. The molecule has 0 saturated carbocycles. The monoisotopic (exact) mass is 374 g/mol. The summed E-state index contributed by atoms with van der Waals surface area (Å²) in [5.74, 6) is 0.157. The Morgan fingerprint density at radius 2 is 1.92 bits per heavy atom. The van der Waals surface area contributed by atoms with Crippen molar-refractivity contribution in [3.8, 4) is 16.3 Å². The Bertz CT molecular complexity index is 929. The number of nitrogens with zero attached hydrogens (tertiary/aromatic N) is 5. The Balaban J connectivity index is 1.48. The second-order valence-corrected chi connectivity index (χ2v) is 7.67. The van der Waals surface area contributed by atoms with E-state index in [1.807, 2.05) is 0 Å². The molecule has 5 rings (SSSR count). The minimum atomic E-state index is -0.555. The van der Waals surface area contributed by atoms with Gasteiger partial charge in [-0.15, -0.1) is 10.2 Å². The summed E-state index contributed by atoms with van der Waals surface area (Å²) in [5, 5.41) is 16.9. The summed E-state index contributed by atoms with van der Waals surface area (Å²) in [6.07, 6.45) is 3.09. The SMILES string of the molecule is Fc1cc(-c2nnc(N3C[C@H]4CNC[C@H]4C3)s2)c(F)c(-n2cccn2)c1. The molecule has 134 valence electrons. The largest absolute Gasteiger partial charge is 0.346 e. The molecule has 1 N–H and O–H groups in total. The number of nitrogens with one attached hydrogen (secondary N) is 1. The van der Waals surface area contributed by atoms with Crippen LogP contribution in [0, 0.1) is 23.5 Å². The molecule has 0 amide bonds. The fraction of sp³-hybridized carbons (Fsp3) is 0.353. The fourth-order valence-electron chi connectivity index (χ4n) is 3.77. The third-order valence-electron chi connectivity index (χ3n) is 5.07. The smallest absolute Gasteiger partial charge is 0.208 e. The van der Waals surface area contributed by atoms with Crippen LogP contribution < -0.4 is 10.2 Å². The van der Waals surface area contributed by atoms with E-state index >= 15 is 0 Å². The highest BCUT2D eigenvalue weighted by molar-refractivity contribution is 7.18. The average molecular weight is 374 g/mol. The second kappa shape index (κ2) is 6.10. The highest BCUT2D eigenvalue weighted by Crippen LogP contribution is 2.36. The van der Waals surface area contributed by atoms with Crippen molar-refractivity contribution in [3.63, 3.8) is 0 Å². The van der Waals surface area contributed by atoms with Crippen LogP contribution in [0.1, 0.15) is 0 Å². The minimum Gasteiger partial charge on any atom is -0.346 e. The standard InChI is InChI=1S/C17H16F2N6S/c18-12-4-13(15(19)14(5-12)25-3-1-2-21-25)16-22-23-17(26-16)24-8-10-6-20-7-11(10)9-24/h1-5,10-11,20H,6-9H2/t10-,11+. The van der Waals surface area contributed by atoms with Crippen molar-refractivity contribution < 1.29 is 8.78 Å². The van der Waals surface area contributed by atoms with E-state index in [0.29, 0.717) is 16.8 Å². The number of aromatic nitrogens is 4. The molecule has 26 heavy (non-hydrogen) atoms. The van der Waals surface area contributed by atoms with Crippen molar-refractivity contribution in [2.45, 2.75) is 0 Å². The maximum atomic E-state index is 15.0. The first kappa shape index (κ1) is 15.8. The Kier molecular flexibility index (Phi) is 3.71. The Hall–Kier alpha value is -2.39. The zero-order chi connectivity index (χ0) is 17.7. The lowest BCUT2D eigenvalue weighted by Gasteiger charge is -2.14. The van der Waals surface area contributed by atoms with Gasteiger partial charge < -0.3 is 10.2 Å². The van der Waals surface area contributed by atoms with Crippen molar-refractivity contribution >= 4 is 16.5 Å². The molecule has 0 spiro atoms. The van der Waals surface area contributed by atoms with Crippen molar-refractivity contribution in [2.75, 3.05) is 31.1 Å². The van der Waals surface area contributed by atoms with Gasteiger partial charge in [-0.3, -0.25) is 0 Å². The topological polar surface area (TPSA) is 58.9 Å². The predicted molar refractivity (Wildman–Crippen MR) is 94.4 cm³/mol. The normalized spacial score (nSPS) is 22.2. The van der Waals surface area contributed by atoms with E-state index in [1.54, 1.807) is 12.3 Å². The average Bonchev–Trinajstić information content (AvgIpc) is 3.39. The van der Waals surface area contributed by atoms with Gasteiger partial charge in [-0.2, -0.15) is 5.10 Å². The number of hydrogen-bond donors (Lipinski definition) is 1. The lowest BCUT2D eigenvalue weighted by molar-refractivity contribution is 0.533. The van der Waals surface area contributed by atoms with Crippen LogP contribution in [0.5, 0.6) is 0 Å². The zero-order valence-corrected chi connectivity index (χ0v) is 14.6. The first-order chi connectivity index (χ1) is 12.7. The summed E-state index contributed by atoms with van der Waals surface area (Å²) in [5.41, 5.74) is 0.170. The van der Waals surface area contributed by atoms with Crippen LogP contribution in [0.25, 0.3) is 16.3 Å². The molecule has 9 heteroatoms. The molecule has 4 heterocycles. The molecule has 3 aromatic rings. The van der Waals surface area contributed by atoms with Gasteiger partial charge in [0, 0.05) is 44.6 Å². The summed E-state index contributed by atoms with van der Waals surface area (Å²) in [6, 6.07) is 3.95. The maximum absolute atomic E-state index is 15.0. The van der Waals surface area contributed by atoms with Crippen LogP contribution in [0.15, 0.2) is 30.6 Å². The Labute approximate surface area is 152 Å². The summed E-state index contributed by atoms with van der Waals surface area (Å²) < 4.78 is 30.3. The third-order valence-corrected chi connectivity index (χ3v) is 6.09. The van der Waals surface area contributed by atoms with E-state index in [2.05, 4.69) is 25.5 Å². The van der Waals surface area contributed by atoms with Gasteiger partial charge >= 0.3 is 0 Å². The van der Waals surface area contributed by atoms with Gasteiger partial charge in [-0.05, 0) is 24.0 Å². The van der Waals surface area contributed by atoms with E-state index in [-0.39, 0.29) is 11.3 Å². The number of fused-ring (bicyclic) bond motifs is 1. The summed E-state index contributed by atoms with van der Waals surface area (Å²) in [6.45, 7) is 3.91. The van der Waals surface area contributed by atoms with E-state index in [4.69, 9.17) is 0 Å². The number of benzene rings is 1. The fourth-order valence-corrected chi connectivity index (χ4v) is 4.65. The van der Waals surface area contributed by atoms with Crippen LogP contribution >= 0.6 is 11.3 Å². The number of hydrogen-bond acceptors (Lipinski definition) is 6. The Morgan fingerprint density at radius 1 is 1.12 bits per heavy atom. The lowest BCUT2D eigenvalue weighted by Crippen LogP contribution is -2.25. The molecule has 0 aliphatic carbocycles. The number of anilines is 1. The van der Waals surface area contributed by atoms with Crippen molar-refractivity contribution in [1.29, 1.82) is 0 Å². The van der Waals surface area contributed by atoms with Crippen LogP contribution in [0.2, 0.25) is 0 Å². The van der Waals surface area contributed by atoms with Gasteiger partial charge in [0.25, 0.3) is 0 Å². The highest BCUT2D eigenvalue weighted by Gasteiger charge is 2.37. The molecular formula is C17H16F2N6S. The molecule has 2 aliphatic rings. The molecule has 2 atom stereocenters. The maximum Gasteiger partial charge on any atom is 0.208 e. The molecule has 6 nitrogen and oxygen atoms in total. The van der Waals surface area contributed by atoms with Gasteiger partial charge in [0.2, 0.25) is 5.13 Å². The molecule has 0 unspecified atom stereocenters. The molecular weight excluding hydrogens is 358 g/mol. The summed E-state index contributed by atoms with van der Waals surface area (Å²) >= 11 is 1.30. The third kappa shape index (κ3) is 2.58. The molecule has 1 aromatic carbocycles. The van der Waals surface area contributed by atoms with Crippen LogP contribution in [0.3, 0.4) is 0 Å². The molecule has 2 aromatic heterocycles. The van der Waals surface area contributed by atoms with Crippen LogP contribution in [-0.4, -0.2) is 46.2 Å².